The Morgan fingerprint density at radius 3 is 2.80 bits per heavy atom. The van der Waals surface area contributed by atoms with Crippen LogP contribution in [0.1, 0.15) is 37.4 Å². The van der Waals surface area contributed by atoms with Crippen LogP contribution in [0.2, 0.25) is 0 Å². The first-order chi connectivity index (χ1) is 12.1. The van der Waals surface area contributed by atoms with Gasteiger partial charge >= 0.3 is 0 Å². The highest BCUT2D eigenvalue weighted by Gasteiger charge is 2.51. The highest BCUT2D eigenvalue weighted by molar-refractivity contribution is 5.81. The molecule has 2 atom stereocenters. The zero-order valence-electron chi connectivity index (χ0n) is 15.4. The molecule has 1 aromatic heterocycles. The largest absolute Gasteiger partial charge is 0.396 e. The predicted molar refractivity (Wildman–Crippen MR) is 94.8 cm³/mol. The van der Waals surface area contributed by atoms with Gasteiger partial charge in [-0.1, -0.05) is 0 Å². The lowest BCUT2D eigenvalue weighted by atomic mass is 9.74. The minimum atomic E-state index is -0.141. The average molecular weight is 346 g/mol. The van der Waals surface area contributed by atoms with Crippen LogP contribution in [0, 0.1) is 24.2 Å². The molecule has 3 heterocycles. The van der Waals surface area contributed by atoms with Gasteiger partial charge in [0, 0.05) is 55.3 Å². The van der Waals surface area contributed by atoms with Crippen LogP contribution in [-0.2, 0) is 17.9 Å². The number of aryl methyl sites for hydroxylation is 1. The maximum Gasteiger partial charge on any atom is 0.225 e. The van der Waals surface area contributed by atoms with Gasteiger partial charge in [0.1, 0.15) is 0 Å². The number of hydrogen-bond donors (Lipinski definition) is 1. The Labute approximate surface area is 149 Å². The van der Waals surface area contributed by atoms with E-state index in [1.807, 2.05) is 15.8 Å². The number of carbonyl (C=O) groups excluding carboxylic acids is 1. The summed E-state index contributed by atoms with van der Waals surface area (Å²) in [7, 11) is 0. The van der Waals surface area contributed by atoms with Gasteiger partial charge in [-0.25, -0.2) is 0 Å². The van der Waals surface area contributed by atoms with E-state index < -0.39 is 0 Å². The van der Waals surface area contributed by atoms with Crippen molar-refractivity contribution in [1.29, 1.82) is 0 Å². The molecule has 3 aliphatic rings. The molecule has 1 amide bonds. The molecule has 4 rings (SSSR count). The minimum absolute atomic E-state index is 0.141. The lowest BCUT2D eigenvalue weighted by Gasteiger charge is -2.43. The summed E-state index contributed by atoms with van der Waals surface area (Å²) in [6, 6.07) is 0. The third-order valence-electron chi connectivity index (χ3n) is 6.60. The first-order valence-electron chi connectivity index (χ1n) is 9.69. The number of likely N-dealkylation sites (tertiary alicyclic amines) is 2. The van der Waals surface area contributed by atoms with Crippen molar-refractivity contribution in [2.24, 2.45) is 17.3 Å². The molecule has 1 aromatic rings. The van der Waals surface area contributed by atoms with Gasteiger partial charge in [-0.05, 0) is 45.6 Å². The van der Waals surface area contributed by atoms with Crippen LogP contribution in [0.3, 0.4) is 0 Å². The molecule has 0 unspecified atom stereocenters. The van der Waals surface area contributed by atoms with Crippen LogP contribution in [-0.4, -0.2) is 63.4 Å². The zero-order valence-corrected chi connectivity index (χ0v) is 15.4. The summed E-state index contributed by atoms with van der Waals surface area (Å²) in [6.45, 7) is 9.68. The first kappa shape index (κ1) is 17.0. The Kier molecular flexibility index (Phi) is 4.36. The van der Waals surface area contributed by atoms with Gasteiger partial charge in [0.15, 0.2) is 0 Å². The van der Waals surface area contributed by atoms with E-state index in [0.717, 1.165) is 58.5 Å². The summed E-state index contributed by atoms with van der Waals surface area (Å²) in [4.78, 5) is 17.0. The zero-order chi connectivity index (χ0) is 17.6. The first-order valence-corrected chi connectivity index (χ1v) is 9.69. The number of rotatable bonds is 5. The quantitative estimate of drug-likeness (QED) is 0.872. The molecule has 0 bridgehead atoms. The summed E-state index contributed by atoms with van der Waals surface area (Å²) in [5.41, 5.74) is 2.37. The van der Waals surface area contributed by atoms with Crippen LogP contribution in [0.15, 0.2) is 6.20 Å². The molecule has 0 spiro atoms. The van der Waals surface area contributed by atoms with Gasteiger partial charge in [-0.3, -0.25) is 14.4 Å². The van der Waals surface area contributed by atoms with Gasteiger partial charge in [0.25, 0.3) is 0 Å². The van der Waals surface area contributed by atoms with Gasteiger partial charge in [0.05, 0.1) is 12.8 Å². The van der Waals surface area contributed by atoms with Crippen molar-refractivity contribution >= 4 is 5.91 Å². The molecule has 138 valence electrons. The van der Waals surface area contributed by atoms with E-state index in [9.17, 15) is 9.90 Å². The molecule has 6 heteroatoms. The number of hydrogen-bond acceptors (Lipinski definition) is 4. The lowest BCUT2D eigenvalue weighted by Crippen LogP contribution is -2.50. The van der Waals surface area contributed by atoms with E-state index in [1.165, 1.54) is 11.3 Å². The standard InChI is InChI=1S/C19H30N4O2/c1-3-23-14(2)16(8-20-23)9-21-7-6-17-10-22(18(25)15-4-5-15)12-19(17,11-21)13-24/h8,15,17,24H,3-7,9-13H2,1-2H3/t17-,19+/m0/s1. The maximum absolute atomic E-state index is 12.5. The third-order valence-corrected chi connectivity index (χ3v) is 6.60. The van der Waals surface area contributed by atoms with Crippen molar-refractivity contribution in [3.8, 4) is 0 Å². The molecule has 1 saturated carbocycles. The van der Waals surface area contributed by atoms with Gasteiger partial charge < -0.3 is 10.0 Å². The minimum Gasteiger partial charge on any atom is -0.396 e. The summed E-state index contributed by atoms with van der Waals surface area (Å²) in [6.07, 6.45) is 5.15. The average Bonchev–Trinajstić information content (AvgIpc) is 3.32. The molecule has 25 heavy (non-hydrogen) atoms. The van der Waals surface area contributed by atoms with E-state index in [4.69, 9.17) is 0 Å². The molecule has 2 saturated heterocycles. The Morgan fingerprint density at radius 1 is 1.36 bits per heavy atom. The molecule has 0 radical (unpaired) electrons. The number of piperidine rings is 1. The van der Waals surface area contributed by atoms with E-state index >= 15 is 0 Å². The van der Waals surface area contributed by atoms with Crippen LogP contribution in [0.5, 0.6) is 0 Å². The fourth-order valence-corrected chi connectivity index (χ4v) is 4.79. The van der Waals surface area contributed by atoms with Crippen molar-refractivity contribution < 1.29 is 9.90 Å². The SMILES string of the molecule is CCn1ncc(CN2CC[C@H]3CN(C(=O)C4CC4)C[C@@]3(CO)C2)c1C. The summed E-state index contributed by atoms with van der Waals surface area (Å²) in [5, 5.41) is 14.7. The van der Waals surface area contributed by atoms with Crippen molar-refractivity contribution in [1.82, 2.24) is 19.6 Å². The lowest BCUT2D eigenvalue weighted by molar-refractivity contribution is -0.132. The van der Waals surface area contributed by atoms with E-state index in [0.29, 0.717) is 11.8 Å². The smallest absolute Gasteiger partial charge is 0.225 e. The Balaban J connectivity index is 1.46. The normalized spacial score (nSPS) is 29.9. The predicted octanol–water partition coefficient (Wildman–Crippen LogP) is 1.26. The molecule has 1 aliphatic carbocycles. The van der Waals surface area contributed by atoms with Crippen molar-refractivity contribution in [2.45, 2.75) is 46.2 Å². The van der Waals surface area contributed by atoms with Crippen LogP contribution in [0.4, 0.5) is 0 Å². The van der Waals surface area contributed by atoms with E-state index in [1.54, 1.807) is 0 Å². The van der Waals surface area contributed by atoms with Crippen molar-refractivity contribution in [3.63, 3.8) is 0 Å². The fourth-order valence-electron chi connectivity index (χ4n) is 4.79. The monoisotopic (exact) mass is 346 g/mol. The molecule has 6 nitrogen and oxygen atoms in total. The molecule has 1 N–H and O–H groups in total. The molecule has 3 fully saturated rings. The second-order valence-electron chi connectivity index (χ2n) is 8.28. The summed E-state index contributed by atoms with van der Waals surface area (Å²) >= 11 is 0. The van der Waals surface area contributed by atoms with Crippen LogP contribution < -0.4 is 0 Å². The van der Waals surface area contributed by atoms with Crippen molar-refractivity contribution in [2.75, 3.05) is 32.8 Å². The number of carbonyl (C=O) groups is 1. The van der Waals surface area contributed by atoms with Gasteiger partial charge in [-0.2, -0.15) is 5.10 Å². The number of aliphatic hydroxyl groups excluding tert-OH is 1. The van der Waals surface area contributed by atoms with Crippen LogP contribution in [0.25, 0.3) is 0 Å². The van der Waals surface area contributed by atoms with Gasteiger partial charge in [-0.15, -0.1) is 0 Å². The van der Waals surface area contributed by atoms with Crippen molar-refractivity contribution in [3.05, 3.63) is 17.5 Å². The highest BCUT2D eigenvalue weighted by Crippen LogP contribution is 2.44. The Morgan fingerprint density at radius 2 is 2.16 bits per heavy atom. The molecular weight excluding hydrogens is 316 g/mol. The number of aliphatic hydroxyl groups is 1. The topological polar surface area (TPSA) is 61.6 Å². The fraction of sp³-hybridized carbons (Fsp3) is 0.789. The third kappa shape index (κ3) is 2.99. The number of fused-ring (bicyclic) bond motifs is 1. The Hall–Kier alpha value is -1.40. The summed E-state index contributed by atoms with van der Waals surface area (Å²) in [5.74, 6) is 1.04. The molecular formula is C19H30N4O2. The second-order valence-corrected chi connectivity index (χ2v) is 8.28. The number of amides is 1. The highest BCUT2D eigenvalue weighted by atomic mass is 16.3. The maximum atomic E-state index is 12.5. The second kappa shape index (κ2) is 6.40. The van der Waals surface area contributed by atoms with E-state index in [2.05, 4.69) is 23.8 Å². The number of aromatic nitrogens is 2. The van der Waals surface area contributed by atoms with Crippen LogP contribution >= 0.6 is 0 Å². The molecule has 2 aliphatic heterocycles. The van der Waals surface area contributed by atoms with E-state index in [-0.39, 0.29) is 17.9 Å². The summed E-state index contributed by atoms with van der Waals surface area (Å²) < 4.78 is 2.04. The molecule has 0 aromatic carbocycles. The Bertz CT molecular complexity index is 654. The van der Waals surface area contributed by atoms with Gasteiger partial charge in [0.2, 0.25) is 5.91 Å². The number of nitrogens with zero attached hydrogens (tertiary/aromatic N) is 4.